The summed E-state index contributed by atoms with van der Waals surface area (Å²) >= 11 is 0. The van der Waals surface area contributed by atoms with E-state index in [0.717, 1.165) is 32.8 Å². The van der Waals surface area contributed by atoms with Crippen LogP contribution in [0.25, 0.3) is 22.2 Å². The Balaban J connectivity index is 1.57. The van der Waals surface area contributed by atoms with Crippen LogP contribution in [0.2, 0.25) is 0 Å². The van der Waals surface area contributed by atoms with E-state index in [1.807, 2.05) is 0 Å². The number of nitrogens with zero attached hydrogens (tertiary/aromatic N) is 2. The number of alkyl halides is 5. The number of benzene rings is 1. The smallest absolute Gasteiger partial charge is 0.419 e. The van der Waals surface area contributed by atoms with Gasteiger partial charge in [0.25, 0.3) is 5.92 Å². The van der Waals surface area contributed by atoms with Crippen molar-refractivity contribution >= 4 is 28.6 Å². The molecule has 1 aliphatic heterocycles. The van der Waals surface area contributed by atoms with Gasteiger partial charge in [-0.15, -0.1) is 0 Å². The monoisotopic (exact) mass is 524 g/mol. The first-order valence-electron chi connectivity index (χ1n) is 11.7. The van der Waals surface area contributed by atoms with Gasteiger partial charge in [-0.1, -0.05) is 6.07 Å². The molecule has 1 aliphatic carbocycles. The van der Waals surface area contributed by atoms with Gasteiger partial charge >= 0.3 is 12.3 Å². The van der Waals surface area contributed by atoms with Crippen LogP contribution in [-0.2, 0) is 16.8 Å². The molecule has 0 radical (unpaired) electrons. The summed E-state index contributed by atoms with van der Waals surface area (Å²) in [5.74, 6) is -3.43. The summed E-state index contributed by atoms with van der Waals surface area (Å²) in [5, 5.41) is 8.88. The number of carbonyl (C=O) groups excluding carboxylic acids is 1. The highest BCUT2D eigenvalue weighted by Gasteiger charge is 2.45. The third-order valence-electron chi connectivity index (χ3n) is 6.95. The Labute approximate surface area is 208 Å². The number of hydrogen-bond acceptors (Lipinski definition) is 6. The lowest BCUT2D eigenvalue weighted by Gasteiger charge is -2.30. The lowest BCUT2D eigenvalue weighted by Crippen LogP contribution is -2.46. The van der Waals surface area contributed by atoms with Crippen molar-refractivity contribution in [3.8, 4) is 11.3 Å². The molecule has 1 aromatic carbocycles. The maximum absolute atomic E-state index is 14.6. The van der Waals surface area contributed by atoms with E-state index in [4.69, 9.17) is 0 Å². The van der Waals surface area contributed by atoms with Crippen molar-refractivity contribution in [1.82, 2.24) is 20.3 Å². The Morgan fingerprint density at radius 2 is 1.95 bits per heavy atom. The minimum Gasteiger partial charge on any atom is -0.453 e. The van der Waals surface area contributed by atoms with Gasteiger partial charge in [0.2, 0.25) is 5.95 Å². The molecule has 1 saturated heterocycles. The first-order chi connectivity index (χ1) is 17.4. The van der Waals surface area contributed by atoms with Crippen molar-refractivity contribution in [2.24, 2.45) is 0 Å². The molecule has 8 nitrogen and oxygen atoms in total. The van der Waals surface area contributed by atoms with Gasteiger partial charge in [0.05, 0.1) is 29.6 Å². The van der Waals surface area contributed by atoms with E-state index in [1.54, 1.807) is 0 Å². The van der Waals surface area contributed by atoms with E-state index < -0.39 is 35.0 Å². The number of methoxy groups -OCH3 is 1. The van der Waals surface area contributed by atoms with E-state index in [2.05, 4.69) is 35.6 Å². The summed E-state index contributed by atoms with van der Waals surface area (Å²) in [6.07, 6.45) is 0.167. The maximum Gasteiger partial charge on any atom is 0.419 e. The average molecular weight is 524 g/mol. The quantitative estimate of drug-likeness (QED) is 0.323. The van der Waals surface area contributed by atoms with Crippen LogP contribution >= 0.6 is 0 Å². The van der Waals surface area contributed by atoms with Crippen molar-refractivity contribution in [2.75, 3.05) is 24.3 Å². The SMILES string of the molecule is COC(=O)Nc1ccc2c(-c3nc(N[C@H]4CCC5(CC5)NC4)ncc3C(F)(F)F)c[nH]c2c1C(C)(F)F. The van der Waals surface area contributed by atoms with Gasteiger partial charge in [-0.3, -0.25) is 5.32 Å². The summed E-state index contributed by atoms with van der Waals surface area (Å²) in [6, 6.07) is 2.48. The molecule has 198 valence electrons. The van der Waals surface area contributed by atoms with Gasteiger partial charge < -0.3 is 20.4 Å². The van der Waals surface area contributed by atoms with Gasteiger partial charge in [-0.25, -0.2) is 23.5 Å². The Kier molecular flexibility index (Phi) is 6.00. The summed E-state index contributed by atoms with van der Waals surface area (Å²) in [7, 11) is 1.08. The van der Waals surface area contributed by atoms with Crippen LogP contribution in [0.4, 0.5) is 38.4 Å². The number of aromatic amines is 1. The van der Waals surface area contributed by atoms with Crippen LogP contribution in [0.5, 0.6) is 0 Å². The predicted octanol–water partition coefficient (Wildman–Crippen LogP) is 5.63. The number of aromatic nitrogens is 3. The molecule has 13 heteroatoms. The Hall–Kier alpha value is -3.48. The van der Waals surface area contributed by atoms with Crippen LogP contribution < -0.4 is 16.0 Å². The molecule has 3 heterocycles. The van der Waals surface area contributed by atoms with E-state index in [1.165, 1.54) is 18.3 Å². The maximum atomic E-state index is 14.6. The number of ether oxygens (including phenoxy) is 1. The molecule has 1 amide bonds. The van der Waals surface area contributed by atoms with Gasteiger partial charge in [0.1, 0.15) is 5.56 Å². The number of H-pyrrole nitrogens is 1. The third kappa shape index (κ3) is 4.91. The fourth-order valence-electron chi connectivity index (χ4n) is 4.84. The zero-order valence-electron chi connectivity index (χ0n) is 20.0. The molecule has 1 atom stereocenters. The Bertz CT molecular complexity index is 1340. The van der Waals surface area contributed by atoms with Crippen LogP contribution in [-0.4, -0.2) is 46.3 Å². The molecule has 0 bridgehead atoms. The minimum absolute atomic E-state index is 0.0147. The van der Waals surface area contributed by atoms with E-state index >= 15 is 0 Å². The molecule has 2 aromatic heterocycles. The molecule has 0 unspecified atom stereocenters. The van der Waals surface area contributed by atoms with Crippen molar-refractivity contribution in [1.29, 1.82) is 0 Å². The number of carbonyl (C=O) groups is 1. The van der Waals surface area contributed by atoms with Gasteiger partial charge in [-0.05, 0) is 31.7 Å². The number of halogens is 5. The zero-order chi connectivity index (χ0) is 26.6. The number of nitrogens with one attached hydrogen (secondary N) is 4. The molecule has 4 N–H and O–H groups in total. The lowest BCUT2D eigenvalue weighted by atomic mass is 9.99. The molecule has 3 aromatic rings. The minimum atomic E-state index is -4.79. The second-order valence-electron chi connectivity index (χ2n) is 9.61. The first-order valence-corrected chi connectivity index (χ1v) is 11.7. The molecule has 37 heavy (non-hydrogen) atoms. The van der Waals surface area contributed by atoms with Crippen molar-refractivity contribution < 1.29 is 31.5 Å². The van der Waals surface area contributed by atoms with Gasteiger partial charge in [0.15, 0.2) is 0 Å². The van der Waals surface area contributed by atoms with Crippen LogP contribution in [0, 0.1) is 0 Å². The second-order valence-corrected chi connectivity index (χ2v) is 9.61. The van der Waals surface area contributed by atoms with Crippen molar-refractivity contribution in [3.63, 3.8) is 0 Å². The number of fused-ring (bicyclic) bond motifs is 1. The van der Waals surface area contributed by atoms with Gasteiger partial charge in [-0.2, -0.15) is 13.2 Å². The fourth-order valence-corrected chi connectivity index (χ4v) is 4.84. The van der Waals surface area contributed by atoms with Gasteiger partial charge in [0, 0.05) is 48.4 Å². The van der Waals surface area contributed by atoms with Crippen LogP contribution in [0.15, 0.2) is 24.5 Å². The summed E-state index contributed by atoms with van der Waals surface area (Å²) in [6.45, 7) is 1.26. The molecule has 2 aliphatic rings. The molecule has 2 fully saturated rings. The highest BCUT2D eigenvalue weighted by molar-refractivity contribution is 6.01. The number of amides is 1. The van der Waals surface area contributed by atoms with Crippen LogP contribution in [0.1, 0.15) is 43.7 Å². The first kappa shape index (κ1) is 25.2. The third-order valence-corrected chi connectivity index (χ3v) is 6.95. The molecule has 5 rings (SSSR count). The normalized spacial score (nSPS) is 19.2. The largest absolute Gasteiger partial charge is 0.453 e. The highest BCUT2D eigenvalue weighted by Crippen LogP contribution is 2.44. The molecular formula is C24H25F5N6O2. The highest BCUT2D eigenvalue weighted by atomic mass is 19.4. The molecule has 1 saturated carbocycles. The number of anilines is 2. The molecular weight excluding hydrogens is 499 g/mol. The Morgan fingerprint density at radius 1 is 1.19 bits per heavy atom. The summed E-state index contributed by atoms with van der Waals surface area (Å²) in [4.78, 5) is 22.4. The van der Waals surface area contributed by atoms with Crippen molar-refractivity contribution in [2.45, 2.75) is 56.3 Å². The lowest BCUT2D eigenvalue weighted by molar-refractivity contribution is -0.137. The Morgan fingerprint density at radius 3 is 2.54 bits per heavy atom. The van der Waals surface area contributed by atoms with E-state index in [9.17, 15) is 26.7 Å². The van der Waals surface area contributed by atoms with E-state index in [-0.39, 0.29) is 39.7 Å². The summed E-state index contributed by atoms with van der Waals surface area (Å²) in [5.41, 5.74) is -2.33. The van der Waals surface area contributed by atoms with Crippen LogP contribution in [0.3, 0.4) is 0 Å². The fraction of sp³-hybridized carbons (Fsp3) is 0.458. The number of hydrogen-bond donors (Lipinski definition) is 4. The topological polar surface area (TPSA) is 104 Å². The predicted molar refractivity (Wildman–Crippen MR) is 127 cm³/mol. The van der Waals surface area contributed by atoms with E-state index in [0.29, 0.717) is 19.7 Å². The summed E-state index contributed by atoms with van der Waals surface area (Å²) < 4.78 is 75.6. The van der Waals surface area contributed by atoms with Crippen molar-refractivity contribution in [3.05, 3.63) is 35.7 Å². The average Bonchev–Trinajstić information content (AvgIpc) is 3.45. The number of piperidine rings is 1. The second kappa shape index (κ2) is 8.82. The number of rotatable bonds is 5. The zero-order valence-corrected chi connectivity index (χ0v) is 20.0. The standard InChI is InChI=1S/C24H25F5N6O2/c1-22(25,26)17-16(34-21(36)37-2)4-3-13-14(10-30-19(13)17)18-15(24(27,28)29)11-31-20(35-18)33-12-5-6-23(7-8-23)32-9-12/h3-4,10-12,30,32H,5-9H2,1-2H3,(H,34,36)(H,31,33,35)/t12-/m0/s1. The molecule has 1 spiro atoms.